The van der Waals surface area contributed by atoms with E-state index in [1.807, 2.05) is 30.3 Å². The van der Waals surface area contributed by atoms with Crippen LogP contribution in [0.4, 0.5) is 4.39 Å². The molecule has 116 valence electrons. The van der Waals surface area contributed by atoms with Crippen molar-refractivity contribution in [1.82, 2.24) is 5.32 Å². The molecular formula is C17H18FNO3. The zero-order chi connectivity index (χ0) is 15.8. The molecule has 0 spiro atoms. The van der Waals surface area contributed by atoms with Gasteiger partial charge in [-0.05, 0) is 24.1 Å². The number of hydrogen-bond donors (Lipinski definition) is 2. The van der Waals surface area contributed by atoms with Crippen molar-refractivity contribution in [3.8, 4) is 5.75 Å². The van der Waals surface area contributed by atoms with Gasteiger partial charge in [0.1, 0.15) is 0 Å². The molecule has 2 N–H and O–H groups in total. The molecular weight excluding hydrogens is 285 g/mol. The van der Waals surface area contributed by atoms with E-state index in [2.05, 4.69) is 5.32 Å². The normalized spacial score (nSPS) is 11.7. The van der Waals surface area contributed by atoms with Crippen LogP contribution in [0.25, 0.3) is 0 Å². The second kappa shape index (κ2) is 8.14. The number of rotatable bonds is 7. The maximum atomic E-state index is 13.3. The maximum Gasteiger partial charge on any atom is 0.257 e. The first-order valence-corrected chi connectivity index (χ1v) is 7.04. The molecule has 0 heterocycles. The number of para-hydroxylation sites is 1. The number of aliphatic hydroxyl groups is 1. The molecule has 0 aromatic heterocycles. The van der Waals surface area contributed by atoms with Gasteiger partial charge in [0.05, 0.1) is 6.10 Å². The predicted molar refractivity (Wildman–Crippen MR) is 80.9 cm³/mol. The van der Waals surface area contributed by atoms with E-state index >= 15 is 0 Å². The summed E-state index contributed by atoms with van der Waals surface area (Å²) in [6.07, 6.45) is -0.232. The fraction of sp³-hybridized carbons (Fsp3) is 0.235. The monoisotopic (exact) mass is 303 g/mol. The topological polar surface area (TPSA) is 58.6 Å². The Morgan fingerprint density at radius 3 is 2.55 bits per heavy atom. The predicted octanol–water partition coefficient (Wildman–Crippen LogP) is 2.44. The fourth-order valence-corrected chi connectivity index (χ4v) is 1.95. The van der Waals surface area contributed by atoms with E-state index in [0.29, 0.717) is 13.0 Å². The van der Waals surface area contributed by atoms with E-state index in [-0.39, 0.29) is 18.3 Å². The standard InChI is InChI=1S/C17H18FNO3/c18-14-8-4-5-9-16(14)22-12-17(21)19-11-10-15(20)13-6-2-1-3-7-13/h1-9,15,20H,10-12H2,(H,19,21)/t15-/m1/s1. The molecule has 0 fully saturated rings. The molecule has 4 nitrogen and oxygen atoms in total. The summed E-state index contributed by atoms with van der Waals surface area (Å²) in [5.41, 5.74) is 0.805. The van der Waals surface area contributed by atoms with Gasteiger partial charge in [-0.15, -0.1) is 0 Å². The summed E-state index contributed by atoms with van der Waals surface area (Å²) < 4.78 is 18.4. The van der Waals surface area contributed by atoms with Crippen molar-refractivity contribution in [3.63, 3.8) is 0 Å². The molecule has 5 heteroatoms. The third-order valence-corrected chi connectivity index (χ3v) is 3.12. The van der Waals surface area contributed by atoms with E-state index in [1.54, 1.807) is 12.1 Å². The number of amides is 1. The van der Waals surface area contributed by atoms with Crippen molar-refractivity contribution in [1.29, 1.82) is 0 Å². The van der Waals surface area contributed by atoms with Crippen LogP contribution >= 0.6 is 0 Å². The average molecular weight is 303 g/mol. The van der Waals surface area contributed by atoms with Crippen LogP contribution in [0, 0.1) is 5.82 Å². The van der Waals surface area contributed by atoms with Gasteiger partial charge in [0, 0.05) is 6.54 Å². The Morgan fingerprint density at radius 2 is 1.82 bits per heavy atom. The highest BCUT2D eigenvalue weighted by Crippen LogP contribution is 2.16. The first kappa shape index (κ1) is 16.0. The van der Waals surface area contributed by atoms with E-state index in [0.717, 1.165) is 5.56 Å². The molecule has 2 rings (SSSR count). The van der Waals surface area contributed by atoms with Crippen LogP contribution in [0.2, 0.25) is 0 Å². The summed E-state index contributed by atoms with van der Waals surface area (Å²) in [6.45, 7) is 0.0535. The summed E-state index contributed by atoms with van der Waals surface area (Å²) in [7, 11) is 0. The Labute approximate surface area is 128 Å². The molecule has 2 aromatic rings. The second-order valence-corrected chi connectivity index (χ2v) is 4.78. The molecule has 0 aliphatic heterocycles. The van der Waals surface area contributed by atoms with Crippen LogP contribution < -0.4 is 10.1 Å². The largest absolute Gasteiger partial charge is 0.481 e. The van der Waals surface area contributed by atoms with Crippen molar-refractivity contribution in [2.75, 3.05) is 13.2 Å². The highest BCUT2D eigenvalue weighted by molar-refractivity contribution is 5.77. The molecule has 2 aromatic carbocycles. The highest BCUT2D eigenvalue weighted by Gasteiger charge is 2.09. The van der Waals surface area contributed by atoms with Crippen LogP contribution in [-0.2, 0) is 4.79 Å². The minimum absolute atomic E-state index is 0.0435. The Hall–Kier alpha value is -2.40. The van der Waals surface area contributed by atoms with Gasteiger partial charge in [0.25, 0.3) is 5.91 Å². The molecule has 22 heavy (non-hydrogen) atoms. The molecule has 0 saturated heterocycles. The third kappa shape index (κ3) is 4.86. The SMILES string of the molecule is O=C(COc1ccccc1F)NCC[C@@H](O)c1ccccc1. The summed E-state index contributed by atoms with van der Waals surface area (Å²) >= 11 is 0. The van der Waals surface area contributed by atoms with Gasteiger partial charge in [-0.3, -0.25) is 4.79 Å². The van der Waals surface area contributed by atoms with Gasteiger partial charge in [0.15, 0.2) is 18.2 Å². The molecule has 0 radical (unpaired) electrons. The lowest BCUT2D eigenvalue weighted by atomic mass is 10.1. The molecule has 0 bridgehead atoms. The van der Waals surface area contributed by atoms with Gasteiger partial charge in [0.2, 0.25) is 0 Å². The first-order valence-electron chi connectivity index (χ1n) is 7.04. The zero-order valence-corrected chi connectivity index (χ0v) is 12.0. The number of benzene rings is 2. The van der Waals surface area contributed by atoms with Crippen LogP contribution in [0.3, 0.4) is 0 Å². The van der Waals surface area contributed by atoms with Gasteiger partial charge in [-0.1, -0.05) is 42.5 Å². The fourth-order valence-electron chi connectivity index (χ4n) is 1.95. The molecule has 1 atom stereocenters. The average Bonchev–Trinajstić information content (AvgIpc) is 2.55. The van der Waals surface area contributed by atoms with Crippen LogP contribution in [0.5, 0.6) is 5.75 Å². The summed E-state index contributed by atoms with van der Waals surface area (Å²) in [5.74, 6) is -0.819. The number of hydrogen-bond acceptors (Lipinski definition) is 3. The Balaban J connectivity index is 1.69. The zero-order valence-electron chi connectivity index (χ0n) is 12.0. The summed E-state index contributed by atoms with van der Waals surface area (Å²) in [5, 5.41) is 12.6. The molecule has 0 unspecified atom stereocenters. The number of carbonyl (C=O) groups excluding carboxylic acids is 1. The van der Waals surface area contributed by atoms with E-state index in [4.69, 9.17) is 4.74 Å². The van der Waals surface area contributed by atoms with Gasteiger partial charge >= 0.3 is 0 Å². The summed E-state index contributed by atoms with van der Waals surface area (Å²) in [6, 6.07) is 15.1. The van der Waals surface area contributed by atoms with Crippen molar-refractivity contribution >= 4 is 5.91 Å². The number of nitrogens with one attached hydrogen (secondary N) is 1. The molecule has 0 saturated carbocycles. The van der Waals surface area contributed by atoms with Gasteiger partial charge in [-0.25, -0.2) is 4.39 Å². The van der Waals surface area contributed by atoms with E-state index in [1.165, 1.54) is 12.1 Å². The molecule has 1 amide bonds. The Morgan fingerprint density at radius 1 is 1.14 bits per heavy atom. The van der Waals surface area contributed by atoms with Crippen LogP contribution in [0.1, 0.15) is 18.1 Å². The number of carbonyl (C=O) groups is 1. The van der Waals surface area contributed by atoms with Crippen molar-refractivity contribution in [2.24, 2.45) is 0 Å². The van der Waals surface area contributed by atoms with Crippen LogP contribution in [0.15, 0.2) is 54.6 Å². The minimum Gasteiger partial charge on any atom is -0.481 e. The van der Waals surface area contributed by atoms with Crippen molar-refractivity contribution < 1.29 is 19.0 Å². The first-order chi connectivity index (χ1) is 10.7. The summed E-state index contributed by atoms with van der Waals surface area (Å²) in [4.78, 5) is 11.6. The lowest BCUT2D eigenvalue weighted by Gasteiger charge is -2.12. The lowest BCUT2D eigenvalue weighted by molar-refractivity contribution is -0.123. The number of aliphatic hydroxyl groups excluding tert-OH is 1. The lowest BCUT2D eigenvalue weighted by Crippen LogP contribution is -2.30. The highest BCUT2D eigenvalue weighted by atomic mass is 19.1. The molecule has 0 aliphatic rings. The van der Waals surface area contributed by atoms with E-state index < -0.39 is 11.9 Å². The van der Waals surface area contributed by atoms with Crippen molar-refractivity contribution in [3.05, 3.63) is 66.0 Å². The Kier molecular flexibility index (Phi) is 5.91. The quantitative estimate of drug-likeness (QED) is 0.826. The molecule has 0 aliphatic carbocycles. The third-order valence-electron chi connectivity index (χ3n) is 3.12. The Bertz CT molecular complexity index is 604. The van der Waals surface area contributed by atoms with E-state index in [9.17, 15) is 14.3 Å². The van der Waals surface area contributed by atoms with Gasteiger partial charge in [-0.2, -0.15) is 0 Å². The second-order valence-electron chi connectivity index (χ2n) is 4.78. The maximum absolute atomic E-state index is 13.3. The van der Waals surface area contributed by atoms with Gasteiger partial charge < -0.3 is 15.2 Å². The number of ether oxygens (including phenoxy) is 1. The van der Waals surface area contributed by atoms with Crippen LogP contribution in [-0.4, -0.2) is 24.2 Å². The smallest absolute Gasteiger partial charge is 0.257 e. The van der Waals surface area contributed by atoms with Crippen molar-refractivity contribution in [2.45, 2.75) is 12.5 Å². The number of halogens is 1. The minimum atomic E-state index is -0.631.